The molecule has 0 aliphatic carbocycles. The van der Waals surface area contributed by atoms with Gasteiger partial charge in [-0.15, -0.1) is 0 Å². The third kappa shape index (κ3) is 1.34. The van der Waals surface area contributed by atoms with Crippen molar-refractivity contribution in [3.63, 3.8) is 0 Å². The van der Waals surface area contributed by atoms with Crippen molar-refractivity contribution < 1.29 is 15.0 Å². The topological polar surface area (TPSA) is 69.6 Å². The Morgan fingerprint density at radius 3 is 2.73 bits per heavy atom. The Labute approximate surface area is 86.9 Å². The van der Waals surface area contributed by atoms with E-state index in [1.54, 1.807) is 12.1 Å². The Balaban J connectivity index is 2.53. The predicted molar refractivity (Wildman–Crippen MR) is 56.7 cm³/mol. The van der Waals surface area contributed by atoms with E-state index in [-0.39, 0.29) is 5.76 Å². The first-order chi connectivity index (χ1) is 7.04. The fraction of sp³-hybridized carbons (Fsp3) is 0.182. The molecule has 78 valence electrons. The molecular weight excluding hydrogens is 194 g/mol. The number of para-hydroxylation sites is 1. The number of hydrogen-bond donors (Lipinski definition) is 3. The number of aliphatic hydroxyl groups excluding tert-OH is 1. The predicted octanol–water partition coefficient (Wildman–Crippen LogP) is 1.85. The Morgan fingerprint density at radius 1 is 1.40 bits per heavy atom. The summed E-state index contributed by atoms with van der Waals surface area (Å²) in [7, 11) is 0. The van der Waals surface area contributed by atoms with Crippen LogP contribution in [0.25, 0.3) is 6.08 Å². The number of rotatable bonds is 1. The molecule has 1 aliphatic heterocycles. The Hall–Kier alpha value is -1.97. The molecule has 15 heavy (non-hydrogen) atoms. The maximum Gasteiger partial charge on any atom is 0.337 e. The SMILES string of the molecule is CC1(C(=O)O)Nc2ccccc2C=C1O. The number of carbonyl (C=O) groups is 1. The monoisotopic (exact) mass is 205 g/mol. The highest BCUT2D eigenvalue weighted by molar-refractivity contribution is 5.91. The highest BCUT2D eigenvalue weighted by atomic mass is 16.4. The van der Waals surface area contributed by atoms with E-state index >= 15 is 0 Å². The van der Waals surface area contributed by atoms with Crippen LogP contribution in [0.1, 0.15) is 12.5 Å². The zero-order valence-corrected chi connectivity index (χ0v) is 8.19. The quantitative estimate of drug-likeness (QED) is 0.654. The van der Waals surface area contributed by atoms with Gasteiger partial charge in [0.05, 0.1) is 0 Å². The number of anilines is 1. The second-order valence-electron chi connectivity index (χ2n) is 3.67. The van der Waals surface area contributed by atoms with Crippen molar-refractivity contribution in [2.75, 3.05) is 5.32 Å². The zero-order chi connectivity index (χ0) is 11.1. The number of aliphatic hydroxyl groups is 1. The Kier molecular flexibility index (Phi) is 1.93. The normalized spacial score (nSPS) is 23.7. The molecule has 1 atom stereocenters. The Morgan fingerprint density at radius 2 is 2.07 bits per heavy atom. The van der Waals surface area contributed by atoms with Crippen LogP contribution in [0.15, 0.2) is 30.0 Å². The van der Waals surface area contributed by atoms with Crippen molar-refractivity contribution in [2.24, 2.45) is 0 Å². The first-order valence-corrected chi connectivity index (χ1v) is 4.56. The lowest BCUT2D eigenvalue weighted by Gasteiger charge is -2.31. The maximum absolute atomic E-state index is 11.0. The molecule has 0 bridgehead atoms. The van der Waals surface area contributed by atoms with Gasteiger partial charge in [0.25, 0.3) is 0 Å². The molecule has 1 unspecified atom stereocenters. The average molecular weight is 205 g/mol. The summed E-state index contributed by atoms with van der Waals surface area (Å²) in [4.78, 5) is 11.0. The molecule has 4 heteroatoms. The Bertz CT molecular complexity index is 453. The summed E-state index contributed by atoms with van der Waals surface area (Å²) >= 11 is 0. The highest BCUT2D eigenvalue weighted by Gasteiger charge is 2.40. The highest BCUT2D eigenvalue weighted by Crippen LogP contribution is 2.31. The van der Waals surface area contributed by atoms with Gasteiger partial charge >= 0.3 is 5.97 Å². The first-order valence-electron chi connectivity index (χ1n) is 4.56. The summed E-state index contributed by atoms with van der Waals surface area (Å²) in [5.41, 5.74) is 0.0582. The summed E-state index contributed by atoms with van der Waals surface area (Å²) in [5.74, 6) is -1.29. The van der Waals surface area contributed by atoms with Crippen LogP contribution in [-0.4, -0.2) is 21.7 Å². The third-order valence-electron chi connectivity index (χ3n) is 2.58. The van der Waals surface area contributed by atoms with Crippen molar-refractivity contribution in [3.05, 3.63) is 35.6 Å². The van der Waals surface area contributed by atoms with Gasteiger partial charge in [0.1, 0.15) is 5.76 Å². The van der Waals surface area contributed by atoms with Gasteiger partial charge in [0, 0.05) is 11.3 Å². The number of nitrogens with one attached hydrogen (secondary N) is 1. The maximum atomic E-state index is 11.0. The molecule has 0 fully saturated rings. The number of carboxylic acid groups (broad SMARTS) is 1. The standard InChI is InChI=1S/C11H11NO3/c1-11(10(14)15)9(13)6-7-4-2-3-5-8(7)12-11/h2-6,12-13H,1H3,(H,14,15). The van der Waals surface area contributed by atoms with Crippen molar-refractivity contribution in [1.29, 1.82) is 0 Å². The van der Waals surface area contributed by atoms with E-state index in [4.69, 9.17) is 5.11 Å². The third-order valence-corrected chi connectivity index (χ3v) is 2.58. The van der Waals surface area contributed by atoms with E-state index in [1.807, 2.05) is 12.1 Å². The van der Waals surface area contributed by atoms with Gasteiger partial charge < -0.3 is 15.5 Å². The van der Waals surface area contributed by atoms with Crippen LogP contribution in [0.3, 0.4) is 0 Å². The van der Waals surface area contributed by atoms with Crippen LogP contribution in [-0.2, 0) is 4.79 Å². The molecule has 2 rings (SSSR count). The van der Waals surface area contributed by atoms with Gasteiger partial charge in [-0.05, 0) is 19.1 Å². The molecule has 0 spiro atoms. The lowest BCUT2D eigenvalue weighted by molar-refractivity contribution is -0.141. The van der Waals surface area contributed by atoms with E-state index in [2.05, 4.69) is 5.32 Å². The van der Waals surface area contributed by atoms with Gasteiger partial charge in [-0.3, -0.25) is 0 Å². The smallest absolute Gasteiger partial charge is 0.337 e. The van der Waals surface area contributed by atoms with Crippen molar-refractivity contribution in [2.45, 2.75) is 12.5 Å². The molecule has 0 amide bonds. The van der Waals surface area contributed by atoms with E-state index in [1.165, 1.54) is 13.0 Å². The fourth-order valence-corrected chi connectivity index (χ4v) is 1.52. The molecule has 1 aromatic carbocycles. The molecular formula is C11H11NO3. The van der Waals surface area contributed by atoms with Crippen LogP contribution in [0.2, 0.25) is 0 Å². The fourth-order valence-electron chi connectivity index (χ4n) is 1.52. The number of benzene rings is 1. The molecule has 3 N–H and O–H groups in total. The number of fused-ring (bicyclic) bond motifs is 1. The van der Waals surface area contributed by atoms with E-state index < -0.39 is 11.5 Å². The minimum Gasteiger partial charge on any atom is -0.509 e. The lowest BCUT2D eigenvalue weighted by atomic mass is 9.93. The molecule has 1 heterocycles. The zero-order valence-electron chi connectivity index (χ0n) is 8.19. The molecule has 4 nitrogen and oxygen atoms in total. The summed E-state index contributed by atoms with van der Waals surface area (Å²) in [6.45, 7) is 1.43. The number of hydrogen-bond acceptors (Lipinski definition) is 3. The number of aliphatic carboxylic acids is 1. The van der Waals surface area contributed by atoms with Crippen molar-refractivity contribution >= 4 is 17.7 Å². The molecule has 0 saturated carbocycles. The summed E-state index contributed by atoms with van der Waals surface area (Å²) in [6.07, 6.45) is 1.47. The molecule has 0 saturated heterocycles. The van der Waals surface area contributed by atoms with Crippen LogP contribution in [0.4, 0.5) is 5.69 Å². The van der Waals surface area contributed by atoms with Gasteiger partial charge in [0.15, 0.2) is 5.54 Å². The summed E-state index contributed by atoms with van der Waals surface area (Å²) in [6, 6.07) is 7.22. The van der Waals surface area contributed by atoms with Gasteiger partial charge in [-0.25, -0.2) is 4.79 Å². The minimum absolute atomic E-state index is 0.186. The van der Waals surface area contributed by atoms with Crippen LogP contribution >= 0.6 is 0 Å². The van der Waals surface area contributed by atoms with Crippen molar-refractivity contribution in [1.82, 2.24) is 0 Å². The molecule has 0 aromatic heterocycles. The second-order valence-corrected chi connectivity index (χ2v) is 3.67. The van der Waals surface area contributed by atoms with E-state index in [0.717, 1.165) is 5.56 Å². The average Bonchev–Trinajstić information content (AvgIpc) is 2.19. The van der Waals surface area contributed by atoms with E-state index in [0.29, 0.717) is 5.69 Å². The lowest BCUT2D eigenvalue weighted by Crippen LogP contribution is -2.46. The molecule has 1 aliphatic rings. The van der Waals surface area contributed by atoms with Crippen LogP contribution in [0, 0.1) is 0 Å². The van der Waals surface area contributed by atoms with Crippen LogP contribution < -0.4 is 5.32 Å². The van der Waals surface area contributed by atoms with E-state index in [9.17, 15) is 9.90 Å². The van der Waals surface area contributed by atoms with Gasteiger partial charge in [-0.1, -0.05) is 18.2 Å². The molecule has 1 aromatic rings. The van der Waals surface area contributed by atoms with Crippen LogP contribution in [0.5, 0.6) is 0 Å². The summed E-state index contributed by atoms with van der Waals surface area (Å²) in [5, 5.41) is 21.5. The summed E-state index contributed by atoms with van der Waals surface area (Å²) < 4.78 is 0. The number of carboxylic acids is 1. The van der Waals surface area contributed by atoms with Gasteiger partial charge in [0.2, 0.25) is 0 Å². The minimum atomic E-state index is -1.44. The van der Waals surface area contributed by atoms with Gasteiger partial charge in [-0.2, -0.15) is 0 Å². The first kappa shape index (κ1) is 9.58. The molecule has 0 radical (unpaired) electrons. The largest absolute Gasteiger partial charge is 0.509 e. The van der Waals surface area contributed by atoms with Crippen molar-refractivity contribution in [3.8, 4) is 0 Å². The second kappa shape index (κ2) is 3.02.